The first kappa shape index (κ1) is 59.9. The molecule has 2 unspecified atom stereocenters. The Balaban J connectivity index is 0.820. The Morgan fingerprint density at radius 2 is 1.31 bits per heavy atom. The fourth-order valence-electron chi connectivity index (χ4n) is 18.0. The van der Waals surface area contributed by atoms with E-state index < -0.39 is 195 Å². The summed E-state index contributed by atoms with van der Waals surface area (Å²) < 4.78 is 55.1. The largest absolute Gasteiger partial charge is 0.458 e. The first-order chi connectivity index (χ1) is 41.0. The van der Waals surface area contributed by atoms with E-state index in [4.69, 9.17) is 42.6 Å². The topological polar surface area (TPSA) is 331 Å². The van der Waals surface area contributed by atoms with E-state index in [1.807, 2.05) is 6.92 Å². The molecule has 0 radical (unpaired) electrons. The molecule has 23 heteroatoms. The molecule has 5 aliphatic heterocycles. The molecule has 23 nitrogen and oxygen atoms in total. The number of aliphatic hydroxyl groups excluding tert-OH is 3. The van der Waals surface area contributed by atoms with Crippen LogP contribution in [0.1, 0.15) is 134 Å². The number of nitrogens with one attached hydrogen (secondary N) is 2. The van der Waals surface area contributed by atoms with Crippen LogP contribution in [0, 0.1) is 68.5 Å². The summed E-state index contributed by atoms with van der Waals surface area (Å²) in [4.78, 5) is 110. The van der Waals surface area contributed by atoms with Crippen LogP contribution in [-0.2, 0) is 62.8 Å². The van der Waals surface area contributed by atoms with Gasteiger partial charge in [0.15, 0.2) is 11.2 Å². The van der Waals surface area contributed by atoms with Gasteiger partial charge in [-0.1, -0.05) is 26.8 Å². The lowest BCUT2D eigenvalue weighted by Gasteiger charge is -2.67. The minimum Gasteiger partial charge on any atom is -0.458 e. The van der Waals surface area contributed by atoms with Gasteiger partial charge in [-0.2, -0.15) is 0 Å². The van der Waals surface area contributed by atoms with Crippen LogP contribution in [0.4, 0.5) is 0 Å². The van der Waals surface area contributed by atoms with Gasteiger partial charge in [0.2, 0.25) is 11.7 Å². The first-order valence-electron chi connectivity index (χ1n) is 30.0. The Morgan fingerprint density at radius 3 is 1.89 bits per heavy atom. The van der Waals surface area contributed by atoms with Gasteiger partial charge >= 0.3 is 35.8 Å². The zero-order chi connectivity index (χ0) is 63.6. The summed E-state index contributed by atoms with van der Waals surface area (Å²) in [6, 6.07) is 12.4. The number of epoxide rings is 2. The molecule has 2 spiro atoms. The van der Waals surface area contributed by atoms with Crippen LogP contribution in [0.5, 0.6) is 23.0 Å². The highest BCUT2D eigenvalue weighted by molar-refractivity contribution is 6.02. The molecule has 3 saturated heterocycles. The number of rotatable bonds is 8. The number of benzene rings is 3. The van der Waals surface area contributed by atoms with Crippen molar-refractivity contribution in [1.82, 2.24) is 10.6 Å². The van der Waals surface area contributed by atoms with Gasteiger partial charge < -0.3 is 73.7 Å². The van der Waals surface area contributed by atoms with E-state index in [9.17, 15) is 58.8 Å². The molecule has 0 aromatic heterocycles. The van der Waals surface area contributed by atoms with Crippen LogP contribution in [0.25, 0.3) is 0 Å². The predicted molar refractivity (Wildman–Crippen MR) is 300 cm³/mol. The predicted octanol–water partition coefficient (Wildman–Crippen LogP) is 4.30. The third kappa shape index (κ3) is 7.94. The molecule has 470 valence electrons. The second-order valence-corrected chi connectivity index (χ2v) is 29.0. The van der Waals surface area contributed by atoms with Crippen LogP contribution < -0.4 is 24.8 Å². The number of ether oxygens (including phenoxy) is 9. The van der Waals surface area contributed by atoms with E-state index in [-0.39, 0.29) is 40.5 Å². The zero-order valence-electron chi connectivity index (χ0n) is 51.1. The van der Waals surface area contributed by atoms with Crippen LogP contribution in [0.15, 0.2) is 54.6 Å². The van der Waals surface area contributed by atoms with E-state index in [1.165, 1.54) is 45.0 Å². The van der Waals surface area contributed by atoms with Crippen molar-refractivity contribution in [3.63, 3.8) is 0 Å². The molecule has 5 saturated carbocycles. The van der Waals surface area contributed by atoms with Crippen molar-refractivity contribution in [1.29, 1.82) is 0 Å². The molecule has 6 N–H and O–H groups in total. The highest BCUT2D eigenvalue weighted by Gasteiger charge is 2.93. The van der Waals surface area contributed by atoms with Gasteiger partial charge in [0.25, 0.3) is 5.91 Å². The van der Waals surface area contributed by atoms with E-state index in [1.54, 1.807) is 92.6 Å². The summed E-state index contributed by atoms with van der Waals surface area (Å²) >= 11 is 0. The molecule has 21 atom stereocenters. The molecule has 3 aromatic carbocycles. The number of carbonyl (C=O) groups is 8. The lowest BCUT2D eigenvalue weighted by molar-refractivity contribution is -0.285. The van der Waals surface area contributed by atoms with E-state index in [2.05, 4.69) is 10.6 Å². The standard InChI is InChI=1S/C65H74N2O21/c1-25-41-44(62(12)63(13,79)57(78)88-65(62)51(25)86-65)47(72)42-40-43(49(80-26(2)68)52(61(41,42)11)81-27(3)69)60(10)35(23-38-48(85-38)50(60)73)45(46(40)71)67-39(70)24-66-53(74)28-14-17-32-31(20-28)54(75)87-64(32)33-18-15-29(82-55(76)58(4,5)6)21-36(33)84-37-22-30(16-19-34(37)64)83-56(77)59(7,8)9/h14-22,25,35,38,40-52,71-73,79H,23-24H2,1-13H3,(H,66,74)(H,67,70)/t25-,35+,38-,40?,41-,42+,43?,44-,45+,46+,47+,48-,49-,50-,51+,52-,60-,61+,62-,63+,65-/m0/s1. The summed E-state index contributed by atoms with van der Waals surface area (Å²) in [6.45, 7) is 20.3. The lowest BCUT2D eigenvalue weighted by Crippen LogP contribution is -2.77. The van der Waals surface area contributed by atoms with E-state index in [0.29, 0.717) is 16.7 Å². The summed E-state index contributed by atoms with van der Waals surface area (Å²) in [6.07, 6.45) is -8.92. The fourth-order valence-corrected chi connectivity index (χ4v) is 18.0. The third-order valence-electron chi connectivity index (χ3n) is 22.1. The maximum absolute atomic E-state index is 14.6. The molecule has 13 rings (SSSR count). The molecule has 0 bridgehead atoms. The maximum atomic E-state index is 14.6. The molecule has 3 aromatic rings. The second kappa shape index (κ2) is 19.0. The number of carbonyl (C=O) groups excluding carboxylic acids is 8. The molecule has 10 aliphatic rings. The molecule has 8 fully saturated rings. The van der Waals surface area contributed by atoms with Crippen molar-refractivity contribution in [2.75, 3.05) is 6.54 Å². The summed E-state index contributed by atoms with van der Waals surface area (Å²) in [5, 5.41) is 57.2. The highest BCUT2D eigenvalue weighted by Crippen LogP contribution is 2.81. The maximum Gasteiger partial charge on any atom is 0.341 e. The Kier molecular flexibility index (Phi) is 12.9. The van der Waals surface area contributed by atoms with Gasteiger partial charge in [-0.05, 0) is 122 Å². The van der Waals surface area contributed by atoms with Crippen molar-refractivity contribution in [2.24, 2.45) is 68.5 Å². The monoisotopic (exact) mass is 1220 g/mol. The number of hydrogen-bond donors (Lipinski definition) is 6. The molecule has 5 heterocycles. The molecule has 2 amide bonds. The van der Waals surface area contributed by atoms with Crippen molar-refractivity contribution in [3.05, 3.63) is 82.4 Å². The van der Waals surface area contributed by atoms with Crippen LogP contribution in [0.3, 0.4) is 0 Å². The molecule has 5 aliphatic carbocycles. The number of fused-ring (bicyclic) bond motifs is 15. The Morgan fingerprint density at radius 1 is 0.716 bits per heavy atom. The van der Waals surface area contributed by atoms with Crippen LogP contribution >= 0.6 is 0 Å². The van der Waals surface area contributed by atoms with Gasteiger partial charge in [0, 0.05) is 76.8 Å². The zero-order valence-corrected chi connectivity index (χ0v) is 51.1. The third-order valence-corrected chi connectivity index (χ3v) is 22.1. The van der Waals surface area contributed by atoms with Gasteiger partial charge in [0.05, 0.1) is 58.8 Å². The quantitative estimate of drug-likeness (QED) is 0.0792. The van der Waals surface area contributed by atoms with Gasteiger partial charge in [-0.3, -0.25) is 28.8 Å². The van der Waals surface area contributed by atoms with Crippen molar-refractivity contribution in [3.8, 4) is 23.0 Å². The SMILES string of the molecule is CC(=O)O[C@H]1C2C([C@@H](O)[C@H](NC(=O)CNC(=O)c3ccc4c(c3)C(=O)OC43c4ccc(OC(=O)C(C)(C)C)cc4Oc4cc(OC(=O)C(C)(C)C)ccc43)[C@H]3C[C@@H]4O[C@@H]4[C@H](O)[C@]23C)[C@@H]2[C@@H](O)[C@@H]3[C@H]([C@H](C)[C@H]4O[C@]45OC(=O)[C@@](C)(O)[C@]35C)[C@@]2(C)[C@H]1OC(C)=O. The van der Waals surface area contributed by atoms with Crippen molar-refractivity contribution >= 4 is 47.6 Å². The number of hydrogen-bond acceptors (Lipinski definition) is 21. The Labute approximate surface area is 506 Å². The first-order valence-corrected chi connectivity index (χ1v) is 30.0. The average Bonchev–Trinajstić information content (AvgIpc) is 1.44. The minimum atomic E-state index is -2.22. The van der Waals surface area contributed by atoms with E-state index >= 15 is 0 Å². The summed E-state index contributed by atoms with van der Waals surface area (Å²) in [5.74, 6) is -13.5. The van der Waals surface area contributed by atoms with Gasteiger partial charge in [0.1, 0.15) is 47.4 Å². The van der Waals surface area contributed by atoms with Gasteiger partial charge in [-0.25, -0.2) is 9.59 Å². The smallest absolute Gasteiger partial charge is 0.341 e. The normalized spacial score (nSPS) is 40.2. The molecule has 88 heavy (non-hydrogen) atoms. The average molecular weight is 1220 g/mol. The number of amides is 2. The molecular weight excluding hydrogens is 1140 g/mol. The van der Waals surface area contributed by atoms with E-state index in [0.717, 1.165) is 0 Å². The van der Waals surface area contributed by atoms with Crippen LogP contribution in [-0.4, -0.2) is 141 Å². The fraction of sp³-hybridized carbons (Fsp3) is 0.600. The molecular formula is C65H74N2O21. The van der Waals surface area contributed by atoms with Gasteiger partial charge in [-0.15, -0.1) is 0 Å². The summed E-state index contributed by atoms with van der Waals surface area (Å²) in [7, 11) is 0. The van der Waals surface area contributed by atoms with Crippen molar-refractivity contribution < 1.29 is 101 Å². The van der Waals surface area contributed by atoms with Crippen molar-refractivity contribution in [2.45, 2.75) is 168 Å². The van der Waals surface area contributed by atoms with Crippen LogP contribution in [0.2, 0.25) is 0 Å². The number of aliphatic hydroxyl groups is 4. The second-order valence-electron chi connectivity index (χ2n) is 29.0. The summed E-state index contributed by atoms with van der Waals surface area (Å²) in [5.41, 5.74) is -9.18. The lowest BCUT2D eigenvalue weighted by atomic mass is 9.40. The minimum absolute atomic E-state index is 0.00629. The Bertz CT molecular complexity index is 3530. The highest BCUT2D eigenvalue weighted by atomic mass is 16.8. The Hall–Kier alpha value is -7.02. The number of esters is 6.